The van der Waals surface area contributed by atoms with Crippen LogP contribution in [-0.2, 0) is 0 Å². The lowest BCUT2D eigenvalue weighted by atomic mass is 10.0. The molecule has 1 aromatic rings. The normalized spacial score (nSPS) is 13.9. The van der Waals surface area contributed by atoms with Crippen molar-refractivity contribution in [3.8, 4) is 0 Å². The highest BCUT2D eigenvalue weighted by atomic mass is 16.3. The maximum atomic E-state index is 9.35. The van der Waals surface area contributed by atoms with Gasteiger partial charge in [-0.05, 0) is 24.0 Å². The van der Waals surface area contributed by atoms with Crippen molar-refractivity contribution in [1.29, 1.82) is 0 Å². The molecule has 0 aliphatic carbocycles. The van der Waals surface area contributed by atoms with Gasteiger partial charge < -0.3 is 9.67 Å². The number of hydrogen-bond acceptors (Lipinski definition) is 1. The molecule has 1 N–H and O–H groups in total. The summed E-state index contributed by atoms with van der Waals surface area (Å²) in [5.41, 5.74) is 1.30. The molecule has 0 saturated heterocycles. The second-order valence-electron chi connectivity index (χ2n) is 4.49. The summed E-state index contributed by atoms with van der Waals surface area (Å²) in [5, 5.41) is 9.35. The first-order valence-corrected chi connectivity index (χ1v) is 5.35. The standard InChI is InChI=1S/C12H21NO/c1-9(2)11-6-5-7-13(11)12(8-14)10(3)4/h5-7,9-10,12,14H,8H2,1-4H3/t12-/m0/s1. The average molecular weight is 195 g/mol. The van der Waals surface area contributed by atoms with Gasteiger partial charge in [0.15, 0.2) is 0 Å². The number of aliphatic hydroxyl groups is 1. The Bertz CT molecular complexity index is 276. The molecule has 2 nitrogen and oxygen atoms in total. The lowest BCUT2D eigenvalue weighted by molar-refractivity contribution is 0.190. The molecule has 0 unspecified atom stereocenters. The van der Waals surface area contributed by atoms with E-state index < -0.39 is 0 Å². The largest absolute Gasteiger partial charge is 0.394 e. The van der Waals surface area contributed by atoms with Crippen LogP contribution in [0.2, 0.25) is 0 Å². The van der Waals surface area contributed by atoms with Crippen LogP contribution in [0.25, 0.3) is 0 Å². The molecule has 0 spiro atoms. The zero-order chi connectivity index (χ0) is 10.7. The molecule has 1 rings (SSSR count). The van der Waals surface area contributed by atoms with Crippen LogP contribution in [0.1, 0.15) is 45.3 Å². The van der Waals surface area contributed by atoms with E-state index in [9.17, 15) is 5.11 Å². The van der Waals surface area contributed by atoms with E-state index in [0.717, 1.165) is 0 Å². The van der Waals surface area contributed by atoms with Crippen LogP contribution in [0.3, 0.4) is 0 Å². The SMILES string of the molecule is CC(C)c1cccn1[C@@H](CO)C(C)C. The Kier molecular flexibility index (Phi) is 3.76. The van der Waals surface area contributed by atoms with Gasteiger partial charge in [-0.15, -0.1) is 0 Å². The Balaban J connectivity index is 2.97. The van der Waals surface area contributed by atoms with Crippen molar-refractivity contribution in [3.63, 3.8) is 0 Å². The van der Waals surface area contributed by atoms with E-state index in [4.69, 9.17) is 0 Å². The van der Waals surface area contributed by atoms with Crippen molar-refractivity contribution < 1.29 is 5.11 Å². The van der Waals surface area contributed by atoms with Crippen LogP contribution in [0.15, 0.2) is 18.3 Å². The van der Waals surface area contributed by atoms with Gasteiger partial charge in [0.1, 0.15) is 0 Å². The fraction of sp³-hybridized carbons (Fsp3) is 0.667. The summed E-state index contributed by atoms with van der Waals surface area (Å²) >= 11 is 0. The molecular formula is C12H21NO. The predicted molar refractivity (Wildman–Crippen MR) is 59.5 cm³/mol. The van der Waals surface area contributed by atoms with Crippen molar-refractivity contribution in [2.24, 2.45) is 5.92 Å². The quantitative estimate of drug-likeness (QED) is 0.785. The Morgan fingerprint density at radius 2 is 1.93 bits per heavy atom. The number of hydrogen-bond donors (Lipinski definition) is 1. The van der Waals surface area contributed by atoms with Gasteiger partial charge in [0.2, 0.25) is 0 Å². The molecule has 2 heteroatoms. The first kappa shape index (κ1) is 11.3. The van der Waals surface area contributed by atoms with Gasteiger partial charge >= 0.3 is 0 Å². The highest BCUT2D eigenvalue weighted by molar-refractivity contribution is 5.12. The third-order valence-electron chi connectivity index (χ3n) is 2.72. The maximum absolute atomic E-state index is 9.35. The minimum Gasteiger partial charge on any atom is -0.394 e. The Hall–Kier alpha value is -0.760. The molecule has 80 valence electrons. The molecule has 0 bridgehead atoms. The molecular weight excluding hydrogens is 174 g/mol. The second-order valence-corrected chi connectivity index (χ2v) is 4.49. The van der Waals surface area contributed by atoms with Crippen molar-refractivity contribution in [3.05, 3.63) is 24.0 Å². The molecule has 0 aliphatic rings. The highest BCUT2D eigenvalue weighted by Gasteiger charge is 2.17. The molecule has 14 heavy (non-hydrogen) atoms. The monoisotopic (exact) mass is 195 g/mol. The molecule has 0 saturated carbocycles. The summed E-state index contributed by atoms with van der Waals surface area (Å²) in [6.45, 7) is 8.86. The molecule has 0 aromatic carbocycles. The molecule has 0 radical (unpaired) electrons. The Morgan fingerprint density at radius 3 is 2.36 bits per heavy atom. The summed E-state index contributed by atoms with van der Waals surface area (Å²) in [4.78, 5) is 0. The maximum Gasteiger partial charge on any atom is 0.0641 e. The van der Waals surface area contributed by atoms with E-state index in [1.807, 2.05) is 0 Å². The van der Waals surface area contributed by atoms with Gasteiger partial charge in [-0.3, -0.25) is 0 Å². The smallest absolute Gasteiger partial charge is 0.0641 e. The summed E-state index contributed by atoms with van der Waals surface area (Å²) in [6.07, 6.45) is 2.07. The zero-order valence-corrected chi connectivity index (χ0v) is 9.57. The number of rotatable bonds is 4. The number of aliphatic hydroxyl groups excluding tert-OH is 1. The van der Waals surface area contributed by atoms with Gasteiger partial charge in [-0.1, -0.05) is 27.7 Å². The Labute approximate surface area is 86.6 Å². The van der Waals surface area contributed by atoms with Crippen LogP contribution in [0.5, 0.6) is 0 Å². The van der Waals surface area contributed by atoms with Gasteiger partial charge in [0, 0.05) is 11.9 Å². The fourth-order valence-electron chi connectivity index (χ4n) is 1.82. The molecule has 1 aromatic heterocycles. The third kappa shape index (κ3) is 2.18. The molecule has 1 heterocycles. The topological polar surface area (TPSA) is 25.2 Å². The molecule has 1 atom stereocenters. The van der Waals surface area contributed by atoms with E-state index in [1.165, 1.54) is 5.69 Å². The van der Waals surface area contributed by atoms with E-state index in [-0.39, 0.29) is 12.6 Å². The first-order valence-electron chi connectivity index (χ1n) is 5.35. The lowest BCUT2D eigenvalue weighted by Crippen LogP contribution is -2.20. The van der Waals surface area contributed by atoms with E-state index in [2.05, 4.69) is 50.6 Å². The third-order valence-corrected chi connectivity index (χ3v) is 2.72. The van der Waals surface area contributed by atoms with Crippen LogP contribution in [-0.4, -0.2) is 16.3 Å². The van der Waals surface area contributed by atoms with E-state index in [0.29, 0.717) is 11.8 Å². The first-order chi connectivity index (χ1) is 6.57. The summed E-state index contributed by atoms with van der Waals surface area (Å²) in [7, 11) is 0. The van der Waals surface area contributed by atoms with Crippen molar-refractivity contribution in [2.45, 2.75) is 39.7 Å². The minimum atomic E-state index is 0.211. The number of aromatic nitrogens is 1. The highest BCUT2D eigenvalue weighted by Crippen LogP contribution is 2.24. The Morgan fingerprint density at radius 1 is 1.29 bits per heavy atom. The van der Waals surface area contributed by atoms with E-state index in [1.54, 1.807) is 0 Å². The minimum absolute atomic E-state index is 0.211. The molecule has 0 fully saturated rings. The zero-order valence-electron chi connectivity index (χ0n) is 9.57. The van der Waals surface area contributed by atoms with Crippen LogP contribution >= 0.6 is 0 Å². The van der Waals surface area contributed by atoms with Gasteiger partial charge in [-0.2, -0.15) is 0 Å². The van der Waals surface area contributed by atoms with Crippen LogP contribution in [0, 0.1) is 5.92 Å². The lowest BCUT2D eigenvalue weighted by Gasteiger charge is -2.24. The van der Waals surface area contributed by atoms with Crippen LogP contribution < -0.4 is 0 Å². The van der Waals surface area contributed by atoms with Gasteiger partial charge in [0.05, 0.1) is 12.6 Å². The van der Waals surface area contributed by atoms with Gasteiger partial charge in [-0.25, -0.2) is 0 Å². The number of nitrogens with zero attached hydrogens (tertiary/aromatic N) is 1. The summed E-state index contributed by atoms with van der Waals surface area (Å²) in [5.74, 6) is 0.975. The van der Waals surface area contributed by atoms with Crippen LogP contribution in [0.4, 0.5) is 0 Å². The predicted octanol–water partition coefficient (Wildman–Crippen LogP) is 2.80. The van der Waals surface area contributed by atoms with Crippen molar-refractivity contribution in [1.82, 2.24) is 4.57 Å². The van der Waals surface area contributed by atoms with Gasteiger partial charge in [0.25, 0.3) is 0 Å². The average Bonchev–Trinajstić information content (AvgIpc) is 2.53. The molecule has 0 amide bonds. The summed E-state index contributed by atoms with van der Waals surface area (Å²) in [6, 6.07) is 4.40. The fourth-order valence-corrected chi connectivity index (χ4v) is 1.82. The van der Waals surface area contributed by atoms with E-state index >= 15 is 0 Å². The summed E-state index contributed by atoms with van der Waals surface area (Å²) < 4.78 is 2.20. The van der Waals surface area contributed by atoms with Crippen molar-refractivity contribution >= 4 is 0 Å². The molecule has 0 aliphatic heterocycles. The van der Waals surface area contributed by atoms with Crippen molar-refractivity contribution in [2.75, 3.05) is 6.61 Å². The second kappa shape index (κ2) is 4.65.